The number of aromatic amines is 1. The summed E-state index contributed by atoms with van der Waals surface area (Å²) in [6.07, 6.45) is 0. The largest absolute Gasteiger partial charge is 0.516 e. The molecule has 0 bridgehead atoms. The number of fused-ring (bicyclic) bond motifs is 1. The average Bonchev–Trinajstić information content (AvgIpc) is 2.45. The number of hydrogen-bond donors (Lipinski definition) is 2. The monoisotopic (exact) mass is 382 g/mol. The fourth-order valence-electron chi connectivity index (χ4n) is 1.80. The minimum Gasteiger partial charge on any atom is -0.320 e. The summed E-state index contributed by atoms with van der Waals surface area (Å²) in [4.78, 5) is 33.1. The van der Waals surface area contributed by atoms with Gasteiger partial charge in [0.15, 0.2) is 0 Å². The van der Waals surface area contributed by atoms with Crippen LogP contribution in [-0.2, 0) is 10.0 Å². The van der Waals surface area contributed by atoms with E-state index in [1.54, 1.807) is 0 Å². The maximum Gasteiger partial charge on any atom is 0.516 e. The molecule has 0 amide bonds. The van der Waals surface area contributed by atoms with E-state index < -0.39 is 48.0 Å². The summed E-state index contributed by atoms with van der Waals surface area (Å²) in [5.74, 6) is 0. The highest BCUT2D eigenvalue weighted by Gasteiger charge is 2.46. The highest BCUT2D eigenvalue weighted by Crippen LogP contribution is 2.32. The molecule has 0 atom stereocenters. The third kappa shape index (κ3) is 3.35. The van der Waals surface area contributed by atoms with Crippen LogP contribution in [0.4, 0.5) is 30.2 Å². The van der Waals surface area contributed by atoms with Crippen molar-refractivity contribution in [1.29, 1.82) is 0 Å². The Morgan fingerprint density at radius 2 is 1.56 bits per heavy atom. The van der Waals surface area contributed by atoms with E-state index in [0.717, 1.165) is 4.72 Å². The molecule has 0 radical (unpaired) electrons. The van der Waals surface area contributed by atoms with Crippen LogP contribution in [-0.4, -0.2) is 28.8 Å². The molecule has 11 nitrogen and oxygen atoms in total. The molecular weight excluding hydrogens is 377 g/mol. The Hall–Kier alpha value is -3.23. The zero-order valence-corrected chi connectivity index (χ0v) is 12.3. The number of nitrogens with one attached hydrogen (secondary N) is 2. The Bertz CT molecular complexity index is 1060. The van der Waals surface area contributed by atoms with Crippen LogP contribution in [0.5, 0.6) is 0 Å². The third-order valence-corrected chi connectivity index (χ3v) is 3.98. The lowest BCUT2D eigenvalue weighted by molar-refractivity contribution is -0.422. The van der Waals surface area contributed by atoms with Gasteiger partial charge >= 0.3 is 26.9 Å². The summed E-state index contributed by atoms with van der Waals surface area (Å²) in [7, 11) is -5.90. The van der Waals surface area contributed by atoms with Crippen molar-refractivity contribution in [2.24, 2.45) is 0 Å². The molecule has 0 aliphatic heterocycles. The van der Waals surface area contributed by atoms with E-state index in [1.807, 2.05) is 4.98 Å². The van der Waals surface area contributed by atoms with Crippen molar-refractivity contribution < 1.29 is 31.4 Å². The van der Waals surface area contributed by atoms with E-state index in [-0.39, 0.29) is 10.9 Å². The lowest BCUT2D eigenvalue weighted by atomic mass is 10.1. The first-order valence-corrected chi connectivity index (χ1v) is 7.41. The summed E-state index contributed by atoms with van der Waals surface area (Å²) in [6.45, 7) is 0. The molecule has 0 fully saturated rings. The molecule has 0 spiro atoms. The summed E-state index contributed by atoms with van der Waals surface area (Å²) in [5.41, 5.74) is -10.4. The summed E-state index contributed by atoms with van der Waals surface area (Å²) in [6, 6.07) is 1.85. The predicted molar refractivity (Wildman–Crippen MR) is 76.5 cm³/mol. The molecule has 25 heavy (non-hydrogen) atoms. The van der Waals surface area contributed by atoms with Crippen LogP contribution >= 0.6 is 0 Å². The lowest BCUT2D eigenvalue weighted by Crippen LogP contribution is -2.32. The van der Waals surface area contributed by atoms with Gasteiger partial charge in [0.1, 0.15) is 5.69 Å². The molecule has 0 aliphatic carbocycles. The fraction of sp³-hybridized carbons (Fsp3) is 0.100. The van der Waals surface area contributed by atoms with E-state index in [1.165, 1.54) is 0 Å². The summed E-state index contributed by atoms with van der Waals surface area (Å²) >= 11 is 0. The number of nitro benzene ring substituents is 2. The van der Waals surface area contributed by atoms with E-state index in [2.05, 4.69) is 0 Å². The summed E-state index contributed by atoms with van der Waals surface area (Å²) in [5, 5.41) is 21.4. The quantitative estimate of drug-likeness (QED) is 0.598. The van der Waals surface area contributed by atoms with Crippen LogP contribution in [0.25, 0.3) is 10.9 Å². The van der Waals surface area contributed by atoms with Crippen molar-refractivity contribution in [1.82, 2.24) is 4.98 Å². The second-order valence-corrected chi connectivity index (χ2v) is 6.18. The number of alkyl halides is 3. The zero-order valence-electron chi connectivity index (χ0n) is 11.5. The first kappa shape index (κ1) is 18.1. The van der Waals surface area contributed by atoms with Gasteiger partial charge in [0.25, 0.3) is 5.56 Å². The Balaban J connectivity index is 2.70. The molecule has 0 aliphatic rings. The van der Waals surface area contributed by atoms with Gasteiger partial charge in [-0.3, -0.25) is 29.7 Å². The number of benzene rings is 1. The number of H-pyrrole nitrogens is 1. The molecule has 2 aromatic rings. The maximum absolute atomic E-state index is 12.3. The van der Waals surface area contributed by atoms with Crippen LogP contribution in [0.1, 0.15) is 0 Å². The topological polar surface area (TPSA) is 165 Å². The SMILES string of the molecule is O=c1[nH]c2cc([N+](=O)[O-])c([N+](=O)[O-])cc2cc1NS(=O)(=O)C(F)(F)F. The third-order valence-electron chi connectivity index (χ3n) is 2.88. The van der Waals surface area contributed by atoms with Crippen LogP contribution in [0, 0.1) is 20.2 Å². The number of hydrogen-bond acceptors (Lipinski definition) is 7. The second-order valence-electron chi connectivity index (χ2n) is 4.51. The normalized spacial score (nSPS) is 12.1. The molecule has 2 rings (SSSR count). The van der Waals surface area contributed by atoms with Gasteiger partial charge in [-0.1, -0.05) is 0 Å². The van der Waals surface area contributed by atoms with Crippen LogP contribution in [0.2, 0.25) is 0 Å². The first-order valence-electron chi connectivity index (χ1n) is 5.92. The number of halogens is 3. The molecule has 134 valence electrons. The lowest BCUT2D eigenvalue weighted by Gasteiger charge is -2.10. The molecule has 1 aromatic heterocycles. The number of rotatable bonds is 4. The Morgan fingerprint density at radius 1 is 1.04 bits per heavy atom. The van der Waals surface area contributed by atoms with Crippen molar-refractivity contribution in [3.05, 3.63) is 48.8 Å². The van der Waals surface area contributed by atoms with Gasteiger partial charge < -0.3 is 4.98 Å². The Kier molecular flexibility index (Phi) is 4.12. The Morgan fingerprint density at radius 3 is 2.04 bits per heavy atom. The molecule has 0 saturated carbocycles. The molecule has 1 aromatic carbocycles. The van der Waals surface area contributed by atoms with Gasteiger partial charge in [-0.05, 0) is 6.07 Å². The number of nitro groups is 2. The number of sulfonamides is 1. The van der Waals surface area contributed by atoms with Gasteiger partial charge in [0, 0.05) is 17.5 Å². The predicted octanol–water partition coefficient (Wildman–Crippen LogP) is 1.61. The van der Waals surface area contributed by atoms with E-state index in [9.17, 15) is 46.6 Å². The molecule has 1 heterocycles. The molecular formula is C10H5F3N4O7S. The van der Waals surface area contributed by atoms with Crippen molar-refractivity contribution in [2.75, 3.05) is 4.72 Å². The van der Waals surface area contributed by atoms with E-state index >= 15 is 0 Å². The number of pyridine rings is 1. The first-order chi connectivity index (χ1) is 11.3. The minimum atomic E-state index is -5.90. The fourth-order valence-corrected chi connectivity index (χ4v) is 2.36. The molecule has 2 N–H and O–H groups in total. The van der Waals surface area contributed by atoms with Crippen molar-refractivity contribution in [2.45, 2.75) is 5.51 Å². The van der Waals surface area contributed by atoms with Crippen molar-refractivity contribution in [3.63, 3.8) is 0 Å². The Labute approximate surface area is 134 Å². The van der Waals surface area contributed by atoms with Gasteiger partial charge in [0.2, 0.25) is 0 Å². The standard InChI is InChI=1S/C10H5F3N4O7S/c11-10(12,13)25(23,24)15-6-1-4-2-7(16(19)20)8(17(21)22)3-5(4)14-9(6)18/h1-3,15H,(H,14,18). The van der Waals surface area contributed by atoms with Gasteiger partial charge in [0.05, 0.1) is 15.4 Å². The minimum absolute atomic E-state index is 0.295. The number of anilines is 1. The molecule has 0 unspecified atom stereocenters. The smallest absolute Gasteiger partial charge is 0.320 e. The van der Waals surface area contributed by atoms with Crippen LogP contribution in [0.15, 0.2) is 23.0 Å². The van der Waals surface area contributed by atoms with Crippen LogP contribution in [0.3, 0.4) is 0 Å². The average molecular weight is 382 g/mol. The number of nitrogens with zero attached hydrogens (tertiary/aromatic N) is 2. The zero-order chi connectivity index (χ0) is 19.2. The van der Waals surface area contributed by atoms with Gasteiger partial charge in [-0.2, -0.15) is 21.6 Å². The van der Waals surface area contributed by atoms with E-state index in [0.29, 0.717) is 18.2 Å². The molecule has 0 saturated heterocycles. The second kappa shape index (κ2) is 5.69. The molecule has 15 heteroatoms. The van der Waals surface area contributed by atoms with Crippen molar-refractivity contribution >= 4 is 38.0 Å². The van der Waals surface area contributed by atoms with E-state index in [4.69, 9.17) is 0 Å². The number of aromatic nitrogens is 1. The van der Waals surface area contributed by atoms with Gasteiger partial charge in [-0.25, -0.2) is 0 Å². The summed E-state index contributed by atoms with van der Waals surface area (Å²) < 4.78 is 60.1. The van der Waals surface area contributed by atoms with Crippen molar-refractivity contribution in [3.8, 4) is 0 Å². The highest BCUT2D eigenvalue weighted by molar-refractivity contribution is 7.93. The highest BCUT2D eigenvalue weighted by atomic mass is 32.2. The van der Waals surface area contributed by atoms with Crippen LogP contribution < -0.4 is 10.3 Å². The van der Waals surface area contributed by atoms with Gasteiger partial charge in [-0.15, -0.1) is 0 Å². The maximum atomic E-state index is 12.3.